The van der Waals surface area contributed by atoms with Gasteiger partial charge in [-0.3, -0.25) is 4.90 Å². The number of aromatic hydroxyl groups is 1. The Labute approximate surface area is 138 Å². The smallest absolute Gasteiger partial charge is 0.215 e. The summed E-state index contributed by atoms with van der Waals surface area (Å²) in [4.78, 5) is 2.20. The SMILES string of the molecule is O=S(=O)(NC1CCCC1)[C@H]1CCCN(Cc2ccc(O)cc2)C1. The summed E-state index contributed by atoms with van der Waals surface area (Å²) in [6, 6.07) is 7.28. The van der Waals surface area contributed by atoms with Crippen molar-refractivity contribution < 1.29 is 13.5 Å². The zero-order chi connectivity index (χ0) is 16.3. The molecule has 0 unspecified atom stereocenters. The number of phenolic OH excluding ortho intramolecular Hbond substituents is 1. The van der Waals surface area contributed by atoms with Gasteiger partial charge in [0.25, 0.3) is 0 Å². The standard InChI is InChI=1S/C17H26N2O3S/c20-16-9-7-14(8-10-16)12-19-11-3-6-17(13-19)23(21,22)18-15-4-1-2-5-15/h7-10,15,17-18,20H,1-6,11-13H2/t17-/m0/s1. The Morgan fingerprint density at radius 3 is 2.48 bits per heavy atom. The number of likely N-dealkylation sites (tertiary alicyclic amines) is 1. The lowest BCUT2D eigenvalue weighted by Gasteiger charge is -2.33. The van der Waals surface area contributed by atoms with Crippen molar-refractivity contribution in [3.05, 3.63) is 29.8 Å². The second kappa shape index (κ2) is 7.20. The van der Waals surface area contributed by atoms with Crippen LogP contribution in [-0.2, 0) is 16.6 Å². The fourth-order valence-corrected chi connectivity index (χ4v) is 5.42. The summed E-state index contributed by atoms with van der Waals surface area (Å²) < 4.78 is 28.2. The van der Waals surface area contributed by atoms with E-state index >= 15 is 0 Å². The van der Waals surface area contributed by atoms with E-state index in [0.29, 0.717) is 6.54 Å². The minimum atomic E-state index is -3.23. The molecule has 1 aliphatic carbocycles. The van der Waals surface area contributed by atoms with Crippen LogP contribution in [0.25, 0.3) is 0 Å². The summed E-state index contributed by atoms with van der Waals surface area (Å²) in [6.45, 7) is 2.25. The zero-order valence-electron chi connectivity index (χ0n) is 13.4. The molecule has 0 spiro atoms. The summed E-state index contributed by atoms with van der Waals surface area (Å²) in [5.74, 6) is 0.258. The van der Waals surface area contributed by atoms with Gasteiger partial charge in [-0.15, -0.1) is 0 Å². The molecule has 0 amide bonds. The van der Waals surface area contributed by atoms with Crippen LogP contribution in [0.1, 0.15) is 44.1 Å². The normalized spacial score (nSPS) is 24.1. The highest BCUT2D eigenvalue weighted by atomic mass is 32.2. The second-order valence-electron chi connectivity index (χ2n) is 6.81. The van der Waals surface area contributed by atoms with Crippen molar-refractivity contribution >= 4 is 10.0 Å². The number of sulfonamides is 1. The van der Waals surface area contributed by atoms with Crippen LogP contribution in [0.3, 0.4) is 0 Å². The summed E-state index contributed by atoms with van der Waals surface area (Å²) in [6.07, 6.45) is 5.87. The van der Waals surface area contributed by atoms with Crippen molar-refractivity contribution in [1.29, 1.82) is 0 Å². The number of hydrogen-bond acceptors (Lipinski definition) is 4. The predicted molar refractivity (Wildman–Crippen MR) is 90.7 cm³/mol. The number of nitrogens with zero attached hydrogens (tertiary/aromatic N) is 1. The van der Waals surface area contributed by atoms with Crippen molar-refractivity contribution in [3.63, 3.8) is 0 Å². The number of piperidine rings is 1. The van der Waals surface area contributed by atoms with Gasteiger partial charge in [0, 0.05) is 19.1 Å². The van der Waals surface area contributed by atoms with E-state index < -0.39 is 10.0 Å². The molecule has 1 aromatic carbocycles. The summed E-state index contributed by atoms with van der Waals surface area (Å²) in [7, 11) is -3.23. The summed E-state index contributed by atoms with van der Waals surface area (Å²) >= 11 is 0. The molecule has 1 saturated heterocycles. The van der Waals surface area contributed by atoms with Gasteiger partial charge in [-0.1, -0.05) is 25.0 Å². The molecule has 1 aliphatic heterocycles. The maximum absolute atomic E-state index is 12.6. The summed E-state index contributed by atoms with van der Waals surface area (Å²) in [5, 5.41) is 9.03. The molecule has 0 radical (unpaired) electrons. The first-order valence-corrected chi connectivity index (χ1v) is 10.1. The van der Waals surface area contributed by atoms with Crippen LogP contribution in [-0.4, -0.2) is 42.8 Å². The third kappa shape index (κ3) is 4.46. The highest BCUT2D eigenvalue weighted by molar-refractivity contribution is 7.90. The van der Waals surface area contributed by atoms with E-state index in [9.17, 15) is 13.5 Å². The molecule has 1 atom stereocenters. The average molecular weight is 338 g/mol. The molecule has 2 aliphatic rings. The third-order valence-corrected chi connectivity index (χ3v) is 6.85. The molecule has 2 N–H and O–H groups in total. The van der Waals surface area contributed by atoms with Crippen molar-refractivity contribution in [2.24, 2.45) is 0 Å². The first-order chi connectivity index (χ1) is 11.0. The van der Waals surface area contributed by atoms with E-state index in [2.05, 4.69) is 9.62 Å². The number of hydrogen-bond donors (Lipinski definition) is 2. The van der Waals surface area contributed by atoms with Gasteiger partial charge in [-0.05, 0) is 49.9 Å². The van der Waals surface area contributed by atoms with Gasteiger partial charge in [0.2, 0.25) is 10.0 Å². The Morgan fingerprint density at radius 2 is 1.78 bits per heavy atom. The van der Waals surface area contributed by atoms with Crippen LogP contribution in [0.5, 0.6) is 5.75 Å². The first kappa shape index (κ1) is 16.7. The molecule has 0 bridgehead atoms. The molecular weight excluding hydrogens is 312 g/mol. The van der Waals surface area contributed by atoms with E-state index in [1.54, 1.807) is 12.1 Å². The van der Waals surface area contributed by atoms with Gasteiger partial charge in [-0.25, -0.2) is 13.1 Å². The predicted octanol–water partition coefficient (Wildman–Crippen LogP) is 2.22. The Kier molecular flexibility index (Phi) is 5.24. The Hall–Kier alpha value is -1.11. The second-order valence-corrected chi connectivity index (χ2v) is 8.80. The maximum Gasteiger partial charge on any atom is 0.215 e. The van der Waals surface area contributed by atoms with Crippen LogP contribution >= 0.6 is 0 Å². The third-order valence-electron chi connectivity index (χ3n) is 4.93. The molecule has 128 valence electrons. The highest BCUT2D eigenvalue weighted by Gasteiger charge is 2.32. The van der Waals surface area contributed by atoms with E-state index in [4.69, 9.17) is 0 Å². The van der Waals surface area contributed by atoms with E-state index in [1.165, 1.54) is 0 Å². The molecule has 0 aromatic heterocycles. The topological polar surface area (TPSA) is 69.6 Å². The average Bonchev–Trinajstić information content (AvgIpc) is 3.02. The van der Waals surface area contributed by atoms with Gasteiger partial charge in [0.15, 0.2) is 0 Å². The largest absolute Gasteiger partial charge is 0.508 e. The fraction of sp³-hybridized carbons (Fsp3) is 0.647. The molecule has 1 saturated carbocycles. The van der Waals surface area contributed by atoms with E-state index in [1.807, 2.05) is 12.1 Å². The van der Waals surface area contributed by atoms with Crippen LogP contribution in [0.4, 0.5) is 0 Å². The van der Waals surface area contributed by atoms with Crippen molar-refractivity contribution in [3.8, 4) is 5.75 Å². The van der Waals surface area contributed by atoms with Gasteiger partial charge in [-0.2, -0.15) is 0 Å². The van der Waals surface area contributed by atoms with Crippen LogP contribution in [0.2, 0.25) is 0 Å². The lowest BCUT2D eigenvalue weighted by atomic mass is 10.1. The molecule has 6 heteroatoms. The quantitative estimate of drug-likeness (QED) is 0.864. The Balaban J connectivity index is 1.59. The number of benzene rings is 1. The molecule has 1 heterocycles. The van der Waals surface area contributed by atoms with Crippen LogP contribution < -0.4 is 4.72 Å². The van der Waals surface area contributed by atoms with Crippen LogP contribution in [0.15, 0.2) is 24.3 Å². The molecule has 5 nitrogen and oxygen atoms in total. The van der Waals surface area contributed by atoms with E-state index in [0.717, 1.165) is 57.2 Å². The van der Waals surface area contributed by atoms with Crippen molar-refractivity contribution in [1.82, 2.24) is 9.62 Å². The monoisotopic (exact) mass is 338 g/mol. The van der Waals surface area contributed by atoms with E-state index in [-0.39, 0.29) is 17.0 Å². The molecule has 2 fully saturated rings. The molecular formula is C17H26N2O3S. The minimum Gasteiger partial charge on any atom is -0.508 e. The first-order valence-electron chi connectivity index (χ1n) is 8.54. The zero-order valence-corrected chi connectivity index (χ0v) is 14.3. The fourth-order valence-electron chi connectivity index (χ4n) is 3.64. The summed E-state index contributed by atoms with van der Waals surface area (Å²) in [5.41, 5.74) is 1.10. The maximum atomic E-state index is 12.6. The Bertz CT molecular complexity index is 609. The van der Waals surface area contributed by atoms with Gasteiger partial charge < -0.3 is 5.11 Å². The van der Waals surface area contributed by atoms with Crippen molar-refractivity contribution in [2.75, 3.05) is 13.1 Å². The number of rotatable bonds is 5. The lowest BCUT2D eigenvalue weighted by Crippen LogP contribution is -2.48. The molecule has 23 heavy (non-hydrogen) atoms. The molecule has 1 aromatic rings. The highest BCUT2D eigenvalue weighted by Crippen LogP contribution is 2.23. The lowest BCUT2D eigenvalue weighted by molar-refractivity contribution is 0.221. The van der Waals surface area contributed by atoms with Gasteiger partial charge in [0.05, 0.1) is 5.25 Å². The van der Waals surface area contributed by atoms with Gasteiger partial charge >= 0.3 is 0 Å². The van der Waals surface area contributed by atoms with Gasteiger partial charge in [0.1, 0.15) is 5.75 Å². The van der Waals surface area contributed by atoms with Crippen molar-refractivity contribution in [2.45, 2.75) is 56.4 Å². The number of phenols is 1. The minimum absolute atomic E-state index is 0.146. The molecule has 3 rings (SSSR count). The Morgan fingerprint density at radius 1 is 1.09 bits per heavy atom. The van der Waals surface area contributed by atoms with Crippen LogP contribution in [0, 0.1) is 0 Å². The number of nitrogens with one attached hydrogen (secondary N) is 1.